The molecule has 0 bridgehead atoms. The molecular weight excluding hydrogens is 254 g/mol. The maximum Gasteiger partial charge on any atom is 0.0407 e. The molecule has 0 radical (unpaired) electrons. The van der Waals surface area contributed by atoms with Gasteiger partial charge in [-0.1, -0.05) is 56.6 Å². The van der Waals surface area contributed by atoms with Gasteiger partial charge in [0.25, 0.3) is 0 Å². The summed E-state index contributed by atoms with van der Waals surface area (Å²) >= 11 is 5.86. The van der Waals surface area contributed by atoms with Gasteiger partial charge in [0, 0.05) is 17.3 Å². The van der Waals surface area contributed by atoms with Gasteiger partial charge in [0.05, 0.1) is 0 Å². The van der Waals surface area contributed by atoms with Crippen LogP contribution in [0.2, 0.25) is 5.02 Å². The molecule has 1 nitrogen and oxygen atoms in total. The van der Waals surface area contributed by atoms with Gasteiger partial charge in [-0.2, -0.15) is 0 Å². The number of hydrogen-bond acceptors (Lipinski definition) is 1. The first kappa shape index (κ1) is 14.0. The average Bonchev–Trinajstić information content (AvgIpc) is 2.37. The van der Waals surface area contributed by atoms with E-state index in [1.165, 1.54) is 11.1 Å². The van der Waals surface area contributed by atoms with Crippen LogP contribution in [-0.2, 0) is 12.0 Å². The van der Waals surface area contributed by atoms with Crippen molar-refractivity contribution in [3.8, 4) is 0 Å². The molecule has 0 atom stereocenters. The first-order valence-electron chi connectivity index (χ1n) is 6.54. The van der Waals surface area contributed by atoms with Crippen molar-refractivity contribution < 1.29 is 0 Å². The lowest BCUT2D eigenvalue weighted by Gasteiger charge is -2.19. The Morgan fingerprint density at radius 3 is 2.00 bits per heavy atom. The Balaban J connectivity index is 1.98. The molecule has 2 heteroatoms. The fraction of sp³-hybridized carbons (Fsp3) is 0.294. The molecule has 0 fully saturated rings. The zero-order valence-corrected chi connectivity index (χ0v) is 12.5. The van der Waals surface area contributed by atoms with Crippen LogP contribution in [0.4, 0.5) is 5.69 Å². The number of benzene rings is 2. The van der Waals surface area contributed by atoms with Gasteiger partial charge < -0.3 is 5.32 Å². The van der Waals surface area contributed by atoms with E-state index in [1.807, 2.05) is 24.3 Å². The van der Waals surface area contributed by atoms with Crippen LogP contribution in [0.3, 0.4) is 0 Å². The van der Waals surface area contributed by atoms with Crippen LogP contribution in [0.5, 0.6) is 0 Å². The van der Waals surface area contributed by atoms with E-state index >= 15 is 0 Å². The predicted octanol–water partition coefficient (Wildman–Crippen LogP) is 5.25. The van der Waals surface area contributed by atoms with E-state index in [-0.39, 0.29) is 5.41 Å². The topological polar surface area (TPSA) is 12.0 Å². The van der Waals surface area contributed by atoms with E-state index in [9.17, 15) is 0 Å². The molecule has 0 aliphatic heterocycles. The van der Waals surface area contributed by atoms with Gasteiger partial charge in [0.2, 0.25) is 0 Å². The van der Waals surface area contributed by atoms with Gasteiger partial charge in [-0.05, 0) is 40.8 Å². The highest BCUT2D eigenvalue weighted by Gasteiger charge is 2.12. The molecule has 0 saturated carbocycles. The maximum absolute atomic E-state index is 5.86. The quantitative estimate of drug-likeness (QED) is 0.805. The highest BCUT2D eigenvalue weighted by Crippen LogP contribution is 2.22. The smallest absolute Gasteiger partial charge is 0.0407 e. The molecule has 2 aromatic rings. The van der Waals surface area contributed by atoms with E-state index in [0.717, 1.165) is 17.3 Å². The fourth-order valence-electron chi connectivity index (χ4n) is 1.89. The van der Waals surface area contributed by atoms with Gasteiger partial charge in [-0.25, -0.2) is 0 Å². The predicted molar refractivity (Wildman–Crippen MR) is 83.9 cm³/mol. The average molecular weight is 274 g/mol. The lowest BCUT2D eigenvalue weighted by molar-refractivity contribution is 0.590. The number of nitrogens with one attached hydrogen (secondary N) is 1. The van der Waals surface area contributed by atoms with Crippen molar-refractivity contribution in [2.75, 3.05) is 5.32 Å². The molecule has 0 aliphatic carbocycles. The molecule has 0 saturated heterocycles. The summed E-state index contributed by atoms with van der Waals surface area (Å²) in [6.45, 7) is 7.52. The van der Waals surface area contributed by atoms with E-state index in [2.05, 4.69) is 50.4 Å². The minimum Gasteiger partial charge on any atom is -0.381 e. The molecule has 0 unspecified atom stereocenters. The fourth-order valence-corrected chi connectivity index (χ4v) is 2.02. The Bertz CT molecular complexity index is 521. The largest absolute Gasteiger partial charge is 0.381 e. The number of hydrogen-bond donors (Lipinski definition) is 1. The van der Waals surface area contributed by atoms with Gasteiger partial charge in [0.1, 0.15) is 0 Å². The number of halogens is 1. The molecule has 0 aromatic heterocycles. The summed E-state index contributed by atoms with van der Waals surface area (Å²) < 4.78 is 0. The lowest BCUT2D eigenvalue weighted by atomic mass is 9.87. The molecular formula is C17H20ClN. The first-order valence-corrected chi connectivity index (χ1v) is 6.92. The molecule has 100 valence electrons. The van der Waals surface area contributed by atoms with Gasteiger partial charge in [-0.15, -0.1) is 0 Å². The van der Waals surface area contributed by atoms with Crippen molar-refractivity contribution in [1.29, 1.82) is 0 Å². The van der Waals surface area contributed by atoms with Crippen molar-refractivity contribution in [2.45, 2.75) is 32.7 Å². The molecule has 2 aromatic carbocycles. The van der Waals surface area contributed by atoms with Crippen LogP contribution in [0.1, 0.15) is 31.9 Å². The Hall–Kier alpha value is -1.47. The summed E-state index contributed by atoms with van der Waals surface area (Å²) in [7, 11) is 0. The zero-order valence-electron chi connectivity index (χ0n) is 11.7. The number of anilines is 1. The number of rotatable bonds is 3. The monoisotopic (exact) mass is 273 g/mol. The van der Waals surface area contributed by atoms with Crippen LogP contribution in [0.25, 0.3) is 0 Å². The van der Waals surface area contributed by atoms with Gasteiger partial charge in [-0.3, -0.25) is 0 Å². The maximum atomic E-state index is 5.86. The van der Waals surface area contributed by atoms with Gasteiger partial charge >= 0.3 is 0 Å². The standard InChI is InChI=1S/C17H20ClN/c1-17(2,3)14-6-4-13(5-7-14)12-19-16-10-8-15(18)9-11-16/h4-11,19H,12H2,1-3H3. The third kappa shape index (κ3) is 4.00. The van der Waals surface area contributed by atoms with Crippen molar-refractivity contribution >= 4 is 17.3 Å². The summed E-state index contributed by atoms with van der Waals surface area (Å²) in [5, 5.41) is 4.15. The van der Waals surface area contributed by atoms with Crippen LogP contribution in [0.15, 0.2) is 48.5 Å². The summed E-state index contributed by atoms with van der Waals surface area (Å²) in [4.78, 5) is 0. The van der Waals surface area contributed by atoms with Crippen LogP contribution in [-0.4, -0.2) is 0 Å². The molecule has 0 aliphatic rings. The van der Waals surface area contributed by atoms with E-state index in [0.29, 0.717) is 0 Å². The molecule has 0 heterocycles. The van der Waals surface area contributed by atoms with Crippen molar-refractivity contribution in [3.63, 3.8) is 0 Å². The second kappa shape index (κ2) is 5.66. The first-order chi connectivity index (χ1) is 8.95. The SMILES string of the molecule is CC(C)(C)c1ccc(CNc2ccc(Cl)cc2)cc1. The Morgan fingerprint density at radius 1 is 0.895 bits per heavy atom. The summed E-state index contributed by atoms with van der Waals surface area (Å²) in [5.41, 5.74) is 3.94. The van der Waals surface area contributed by atoms with Gasteiger partial charge in [0.15, 0.2) is 0 Å². The summed E-state index contributed by atoms with van der Waals surface area (Å²) in [6.07, 6.45) is 0. The second-order valence-electron chi connectivity index (χ2n) is 5.81. The van der Waals surface area contributed by atoms with Crippen molar-refractivity contribution in [3.05, 3.63) is 64.7 Å². The van der Waals surface area contributed by atoms with E-state index in [4.69, 9.17) is 11.6 Å². The Labute approximate surface area is 120 Å². The van der Waals surface area contributed by atoms with Crippen molar-refractivity contribution in [2.24, 2.45) is 0 Å². The van der Waals surface area contributed by atoms with Crippen molar-refractivity contribution in [1.82, 2.24) is 0 Å². The molecule has 1 N–H and O–H groups in total. The third-order valence-electron chi connectivity index (χ3n) is 3.16. The van der Waals surface area contributed by atoms with Crippen LogP contribution >= 0.6 is 11.6 Å². The summed E-state index contributed by atoms with van der Waals surface area (Å²) in [6, 6.07) is 16.6. The summed E-state index contributed by atoms with van der Waals surface area (Å²) in [5.74, 6) is 0. The Morgan fingerprint density at radius 2 is 1.47 bits per heavy atom. The zero-order chi connectivity index (χ0) is 13.9. The minimum atomic E-state index is 0.210. The second-order valence-corrected chi connectivity index (χ2v) is 6.24. The highest BCUT2D eigenvalue weighted by atomic mass is 35.5. The van der Waals surface area contributed by atoms with Crippen LogP contribution < -0.4 is 5.32 Å². The molecule has 0 spiro atoms. The molecule has 19 heavy (non-hydrogen) atoms. The van der Waals surface area contributed by atoms with E-state index in [1.54, 1.807) is 0 Å². The van der Waals surface area contributed by atoms with Crippen LogP contribution in [0, 0.1) is 0 Å². The highest BCUT2D eigenvalue weighted by molar-refractivity contribution is 6.30. The Kier molecular flexibility index (Phi) is 4.16. The molecule has 2 rings (SSSR count). The third-order valence-corrected chi connectivity index (χ3v) is 3.41. The lowest BCUT2D eigenvalue weighted by Crippen LogP contribution is -2.11. The minimum absolute atomic E-state index is 0.210. The van der Waals surface area contributed by atoms with E-state index < -0.39 is 0 Å². The normalized spacial score (nSPS) is 11.4. The molecule has 0 amide bonds.